The molecule has 0 amide bonds. The molecule has 1 fully saturated rings. The highest BCUT2D eigenvalue weighted by atomic mass is 19.3. The lowest BCUT2D eigenvalue weighted by Crippen LogP contribution is -2.27. The summed E-state index contributed by atoms with van der Waals surface area (Å²) < 4.78 is 115. The minimum Gasteiger partial charge on any atom is -0.423 e. The maximum absolute atomic E-state index is 14.7. The smallest absolute Gasteiger partial charge is 0.423 e. The number of halogens is 8. The van der Waals surface area contributed by atoms with Crippen molar-refractivity contribution in [3.8, 4) is 11.5 Å². The zero-order valence-electron chi connectivity index (χ0n) is 19.0. The van der Waals surface area contributed by atoms with Gasteiger partial charge in [-0.2, -0.15) is 22.0 Å². The van der Waals surface area contributed by atoms with Crippen LogP contribution in [0.1, 0.15) is 67.3 Å². The molecule has 0 aliphatic heterocycles. The summed E-state index contributed by atoms with van der Waals surface area (Å²) in [4.78, 5) is 12.3. The number of carbonyl (C=O) groups is 1. The molecule has 0 aromatic heterocycles. The Bertz CT molecular complexity index is 1110. The fourth-order valence-electron chi connectivity index (χ4n) is 4.28. The van der Waals surface area contributed by atoms with E-state index in [1.54, 1.807) is 6.07 Å². The Labute approximate surface area is 201 Å². The van der Waals surface area contributed by atoms with Gasteiger partial charge in [-0.05, 0) is 55.2 Å². The molecule has 3 rings (SSSR count). The SMILES string of the molecule is CCCC1CCC(c2ccc(C(=O)Oc3cc(F)c(OC(F)(F)C(F)=C(F)F)c(F)c3)c(F)c2)CC1. The van der Waals surface area contributed by atoms with Gasteiger partial charge in [0.15, 0.2) is 17.4 Å². The highest BCUT2D eigenvalue weighted by Crippen LogP contribution is 2.39. The van der Waals surface area contributed by atoms with Crippen molar-refractivity contribution in [2.45, 2.75) is 57.5 Å². The average molecular weight is 522 g/mol. The fourth-order valence-corrected chi connectivity index (χ4v) is 4.28. The molecular weight excluding hydrogens is 500 g/mol. The Hall–Kier alpha value is -3.11. The number of hydrogen-bond acceptors (Lipinski definition) is 3. The van der Waals surface area contributed by atoms with E-state index in [4.69, 9.17) is 4.74 Å². The second-order valence-electron chi connectivity index (χ2n) is 8.54. The first-order chi connectivity index (χ1) is 16.9. The number of alkyl halides is 2. The second kappa shape index (κ2) is 11.3. The van der Waals surface area contributed by atoms with Gasteiger partial charge in [0.2, 0.25) is 0 Å². The zero-order chi connectivity index (χ0) is 26.6. The van der Waals surface area contributed by atoms with Crippen LogP contribution in [0.2, 0.25) is 0 Å². The quantitative estimate of drug-likeness (QED) is 0.198. The molecule has 0 saturated heterocycles. The molecule has 3 nitrogen and oxygen atoms in total. The molecule has 0 atom stereocenters. The van der Waals surface area contributed by atoms with E-state index < -0.39 is 58.5 Å². The Morgan fingerprint density at radius 1 is 0.944 bits per heavy atom. The van der Waals surface area contributed by atoms with Crippen molar-refractivity contribution in [3.05, 3.63) is 70.8 Å². The van der Waals surface area contributed by atoms with Crippen LogP contribution in [0.25, 0.3) is 0 Å². The van der Waals surface area contributed by atoms with E-state index in [0.717, 1.165) is 38.5 Å². The van der Waals surface area contributed by atoms with Gasteiger partial charge in [0.1, 0.15) is 11.6 Å². The van der Waals surface area contributed by atoms with Crippen LogP contribution in [-0.2, 0) is 0 Å². The monoisotopic (exact) mass is 522 g/mol. The first kappa shape index (κ1) is 27.5. The van der Waals surface area contributed by atoms with Gasteiger partial charge in [-0.25, -0.2) is 18.0 Å². The summed E-state index contributed by atoms with van der Waals surface area (Å²) >= 11 is 0. The minimum absolute atomic E-state index is 0.136. The third kappa shape index (κ3) is 6.36. The van der Waals surface area contributed by atoms with Crippen LogP contribution >= 0.6 is 0 Å². The highest BCUT2D eigenvalue weighted by Gasteiger charge is 2.44. The summed E-state index contributed by atoms with van der Waals surface area (Å²) in [5.74, 6) is -11.3. The van der Waals surface area contributed by atoms with E-state index in [0.29, 0.717) is 11.5 Å². The number of hydrogen-bond donors (Lipinski definition) is 0. The van der Waals surface area contributed by atoms with Crippen LogP contribution in [0.15, 0.2) is 42.2 Å². The minimum atomic E-state index is -5.36. The van der Waals surface area contributed by atoms with Crippen LogP contribution in [0.5, 0.6) is 11.5 Å². The Morgan fingerprint density at radius 2 is 1.56 bits per heavy atom. The van der Waals surface area contributed by atoms with Crippen molar-refractivity contribution < 1.29 is 49.4 Å². The number of ether oxygens (including phenoxy) is 2. The van der Waals surface area contributed by atoms with E-state index in [2.05, 4.69) is 11.7 Å². The van der Waals surface area contributed by atoms with Crippen molar-refractivity contribution in [1.82, 2.24) is 0 Å². The standard InChI is InChI=1S/C25H22F8O3/c1-2-3-13-4-6-14(7-5-13)15-8-9-17(18(26)10-15)24(34)35-16-11-19(27)21(20(28)12-16)36-25(32,33)22(29)23(30)31/h8-14H,2-7H2,1H3. The van der Waals surface area contributed by atoms with Crippen molar-refractivity contribution in [2.75, 3.05) is 0 Å². The maximum Gasteiger partial charge on any atom is 0.459 e. The molecule has 0 unspecified atom stereocenters. The molecule has 0 radical (unpaired) electrons. The third-order valence-electron chi connectivity index (χ3n) is 6.06. The Balaban J connectivity index is 1.72. The first-order valence-electron chi connectivity index (χ1n) is 11.2. The lowest BCUT2D eigenvalue weighted by Gasteiger charge is -2.28. The van der Waals surface area contributed by atoms with Gasteiger partial charge < -0.3 is 9.47 Å². The molecular formula is C25H22F8O3. The lowest BCUT2D eigenvalue weighted by molar-refractivity contribution is -0.162. The normalized spacial score (nSPS) is 18.0. The molecule has 0 spiro atoms. The number of rotatable bonds is 8. The van der Waals surface area contributed by atoms with Gasteiger partial charge in [0.25, 0.3) is 5.83 Å². The third-order valence-corrected chi connectivity index (χ3v) is 6.06. The van der Waals surface area contributed by atoms with Crippen LogP contribution in [0.4, 0.5) is 35.1 Å². The van der Waals surface area contributed by atoms with E-state index >= 15 is 0 Å². The van der Waals surface area contributed by atoms with Gasteiger partial charge in [0, 0.05) is 12.1 Å². The number of carbonyl (C=O) groups excluding carboxylic acids is 1. The van der Waals surface area contributed by atoms with E-state index in [1.165, 1.54) is 12.1 Å². The molecule has 11 heteroatoms. The Morgan fingerprint density at radius 3 is 2.08 bits per heavy atom. The van der Waals surface area contributed by atoms with Gasteiger partial charge in [-0.1, -0.05) is 25.8 Å². The van der Waals surface area contributed by atoms with Gasteiger partial charge in [0.05, 0.1) is 5.56 Å². The maximum atomic E-state index is 14.7. The highest BCUT2D eigenvalue weighted by molar-refractivity contribution is 5.91. The number of benzene rings is 2. The van der Waals surface area contributed by atoms with E-state index in [1.807, 2.05) is 0 Å². The Kier molecular flexibility index (Phi) is 8.63. The average Bonchev–Trinajstić information content (AvgIpc) is 2.81. The lowest BCUT2D eigenvalue weighted by atomic mass is 9.77. The summed E-state index contributed by atoms with van der Waals surface area (Å²) in [6, 6.07) is 4.39. The number of esters is 1. The predicted molar refractivity (Wildman–Crippen MR) is 113 cm³/mol. The predicted octanol–water partition coefficient (Wildman–Crippen LogP) is 8.45. The zero-order valence-corrected chi connectivity index (χ0v) is 19.0. The molecule has 36 heavy (non-hydrogen) atoms. The summed E-state index contributed by atoms with van der Waals surface area (Å²) in [6.07, 6.45) is -2.73. The molecule has 1 saturated carbocycles. The molecule has 196 valence electrons. The van der Waals surface area contributed by atoms with E-state index in [9.17, 15) is 39.9 Å². The van der Waals surface area contributed by atoms with Crippen molar-refractivity contribution >= 4 is 5.97 Å². The van der Waals surface area contributed by atoms with Crippen molar-refractivity contribution in [3.63, 3.8) is 0 Å². The van der Waals surface area contributed by atoms with Crippen LogP contribution < -0.4 is 9.47 Å². The van der Waals surface area contributed by atoms with Gasteiger partial charge in [-0.15, -0.1) is 0 Å². The van der Waals surface area contributed by atoms with Crippen molar-refractivity contribution in [2.24, 2.45) is 5.92 Å². The van der Waals surface area contributed by atoms with Crippen LogP contribution in [0.3, 0.4) is 0 Å². The summed E-state index contributed by atoms with van der Waals surface area (Å²) in [7, 11) is 0. The van der Waals surface area contributed by atoms with Crippen LogP contribution in [-0.4, -0.2) is 12.1 Å². The molecule has 0 heterocycles. The van der Waals surface area contributed by atoms with Gasteiger partial charge >= 0.3 is 18.2 Å². The second-order valence-corrected chi connectivity index (χ2v) is 8.54. The molecule has 2 aromatic rings. The molecule has 1 aliphatic carbocycles. The van der Waals surface area contributed by atoms with Crippen LogP contribution in [0, 0.1) is 23.4 Å². The molecule has 0 N–H and O–H groups in total. The molecule has 2 aromatic carbocycles. The fraction of sp³-hybridized carbons (Fsp3) is 0.400. The molecule has 1 aliphatic rings. The first-order valence-corrected chi connectivity index (χ1v) is 11.2. The topological polar surface area (TPSA) is 35.5 Å². The summed E-state index contributed by atoms with van der Waals surface area (Å²) in [6.45, 7) is 2.12. The van der Waals surface area contributed by atoms with Crippen molar-refractivity contribution in [1.29, 1.82) is 0 Å². The summed E-state index contributed by atoms with van der Waals surface area (Å²) in [5, 5.41) is 0. The largest absolute Gasteiger partial charge is 0.459 e. The van der Waals surface area contributed by atoms with Gasteiger partial charge in [-0.3, -0.25) is 0 Å². The van der Waals surface area contributed by atoms with E-state index in [-0.39, 0.29) is 18.1 Å². The molecule has 0 bridgehead atoms. The summed E-state index contributed by atoms with van der Waals surface area (Å²) in [5.41, 5.74) is 0.182.